The van der Waals surface area contributed by atoms with Gasteiger partial charge in [-0.1, -0.05) is 6.07 Å². The molecule has 1 fully saturated rings. The van der Waals surface area contributed by atoms with Gasteiger partial charge in [0.2, 0.25) is 10.0 Å². The number of carbonyl (C=O) groups is 1. The molecule has 2 heterocycles. The van der Waals surface area contributed by atoms with E-state index in [0.29, 0.717) is 29.5 Å². The molecule has 1 atom stereocenters. The normalized spacial score (nSPS) is 21.4. The summed E-state index contributed by atoms with van der Waals surface area (Å²) in [6, 6.07) is 13.6. The van der Waals surface area contributed by atoms with E-state index in [4.69, 9.17) is 10.00 Å². The summed E-state index contributed by atoms with van der Waals surface area (Å²) in [6.07, 6.45) is 6.04. The zero-order valence-electron chi connectivity index (χ0n) is 20.0. The summed E-state index contributed by atoms with van der Waals surface area (Å²) < 4.78 is 31.8. The lowest BCUT2D eigenvalue weighted by atomic mass is 9.80. The summed E-state index contributed by atoms with van der Waals surface area (Å²) in [7, 11) is -3.41. The number of ketones is 1. The van der Waals surface area contributed by atoms with Gasteiger partial charge in [-0.25, -0.2) is 8.42 Å². The summed E-state index contributed by atoms with van der Waals surface area (Å²) in [5.41, 5.74) is 3.69. The topological polar surface area (TPSA) is 99.5 Å². The SMILES string of the molecule is CS(=O)(=O)Nc1ccc2c(c1)C(=O)CC1(CCN([C@@H]3CCc4cc(C#N)ccc4C3)CC1)O2.[Cl-].[H+]. The number of ether oxygens (including phenoxy) is 1. The number of sulfonamides is 1. The molecule has 0 saturated carbocycles. The molecule has 180 valence electrons. The van der Waals surface area contributed by atoms with Gasteiger partial charge in [-0.3, -0.25) is 14.4 Å². The smallest absolute Gasteiger partial charge is 1.00 e. The Morgan fingerprint density at radius 1 is 1.18 bits per heavy atom. The second-order valence-electron chi connectivity index (χ2n) is 9.50. The number of halogens is 1. The minimum atomic E-state index is -3.41. The number of likely N-dealkylation sites (tertiary alicyclic amines) is 1. The van der Waals surface area contributed by atoms with Gasteiger partial charge in [0.25, 0.3) is 0 Å². The number of aryl methyl sites for hydroxylation is 1. The van der Waals surface area contributed by atoms with Crippen molar-refractivity contribution < 1.29 is 31.8 Å². The van der Waals surface area contributed by atoms with Crippen LogP contribution < -0.4 is 21.9 Å². The van der Waals surface area contributed by atoms with E-state index >= 15 is 0 Å². The van der Waals surface area contributed by atoms with Crippen LogP contribution in [0.15, 0.2) is 36.4 Å². The van der Waals surface area contributed by atoms with Crippen LogP contribution in [0.4, 0.5) is 5.69 Å². The maximum Gasteiger partial charge on any atom is 1.00 e. The maximum absolute atomic E-state index is 13.0. The number of piperidine rings is 1. The number of rotatable bonds is 3. The molecule has 34 heavy (non-hydrogen) atoms. The molecule has 1 N–H and O–H groups in total. The lowest BCUT2D eigenvalue weighted by molar-refractivity contribution is -0.0201. The van der Waals surface area contributed by atoms with E-state index in [1.807, 2.05) is 12.1 Å². The van der Waals surface area contributed by atoms with Crippen LogP contribution in [0.25, 0.3) is 0 Å². The Morgan fingerprint density at radius 3 is 2.65 bits per heavy atom. The van der Waals surface area contributed by atoms with Crippen molar-refractivity contribution in [3.05, 3.63) is 58.7 Å². The summed E-state index contributed by atoms with van der Waals surface area (Å²) in [6.45, 7) is 1.76. The molecule has 3 aliphatic rings. The fourth-order valence-electron chi connectivity index (χ4n) is 5.46. The number of nitrogens with one attached hydrogen (secondary N) is 1. The van der Waals surface area contributed by atoms with Crippen LogP contribution in [0.3, 0.4) is 0 Å². The fraction of sp³-hybridized carbons (Fsp3) is 0.440. The Labute approximate surface area is 208 Å². The van der Waals surface area contributed by atoms with E-state index in [1.165, 1.54) is 11.1 Å². The molecule has 2 aliphatic heterocycles. The van der Waals surface area contributed by atoms with E-state index in [0.717, 1.165) is 57.0 Å². The summed E-state index contributed by atoms with van der Waals surface area (Å²) in [4.78, 5) is 15.5. The van der Waals surface area contributed by atoms with Crippen LogP contribution >= 0.6 is 0 Å². The molecule has 0 unspecified atom stereocenters. The minimum absolute atomic E-state index is 0. The number of nitriles is 1. The highest BCUT2D eigenvalue weighted by Gasteiger charge is 2.44. The van der Waals surface area contributed by atoms with Gasteiger partial charge in [0.15, 0.2) is 5.78 Å². The molecule has 1 spiro atoms. The molecule has 1 saturated heterocycles. The van der Waals surface area contributed by atoms with Crippen molar-refractivity contribution in [1.29, 1.82) is 5.26 Å². The number of fused-ring (bicyclic) bond motifs is 2. The molecule has 0 aromatic heterocycles. The monoisotopic (exact) mass is 501 g/mol. The quantitative estimate of drug-likeness (QED) is 0.653. The Balaban J connectivity index is 0.00000171. The predicted octanol–water partition coefficient (Wildman–Crippen LogP) is 0.404. The first-order chi connectivity index (χ1) is 15.7. The summed E-state index contributed by atoms with van der Waals surface area (Å²) >= 11 is 0. The third kappa shape index (κ3) is 4.92. The van der Waals surface area contributed by atoms with E-state index in [1.54, 1.807) is 18.2 Å². The Hall–Kier alpha value is -2.60. The second-order valence-corrected chi connectivity index (χ2v) is 11.2. The fourth-order valence-corrected chi connectivity index (χ4v) is 6.02. The average Bonchev–Trinajstić information content (AvgIpc) is 2.78. The van der Waals surface area contributed by atoms with Gasteiger partial charge in [0, 0.05) is 37.7 Å². The summed E-state index contributed by atoms with van der Waals surface area (Å²) in [5.74, 6) is 0.542. The molecule has 1 aliphatic carbocycles. The lowest BCUT2D eigenvalue weighted by Gasteiger charge is -2.46. The van der Waals surface area contributed by atoms with Crippen molar-refractivity contribution in [1.82, 2.24) is 4.90 Å². The van der Waals surface area contributed by atoms with E-state index in [-0.39, 0.29) is 19.6 Å². The number of carbonyl (C=O) groups excluding carboxylic acids is 1. The minimum Gasteiger partial charge on any atom is -1.00 e. The molecule has 0 amide bonds. The van der Waals surface area contributed by atoms with Gasteiger partial charge in [-0.2, -0.15) is 5.26 Å². The Bertz CT molecular complexity index is 1270. The molecule has 7 nitrogen and oxygen atoms in total. The first-order valence-corrected chi connectivity index (χ1v) is 13.2. The van der Waals surface area contributed by atoms with Crippen LogP contribution in [0.1, 0.15) is 54.2 Å². The zero-order chi connectivity index (χ0) is 23.2. The van der Waals surface area contributed by atoms with Crippen molar-refractivity contribution in [2.45, 2.75) is 50.2 Å². The first kappa shape index (κ1) is 24.5. The van der Waals surface area contributed by atoms with Gasteiger partial charge in [0.1, 0.15) is 11.4 Å². The van der Waals surface area contributed by atoms with Crippen LogP contribution in [-0.4, -0.2) is 50.1 Å². The Kier molecular flexibility index (Phi) is 6.65. The highest BCUT2D eigenvalue weighted by molar-refractivity contribution is 7.92. The molecular weight excluding hydrogens is 474 g/mol. The molecule has 5 rings (SSSR count). The van der Waals surface area contributed by atoms with E-state index in [2.05, 4.69) is 21.8 Å². The highest BCUT2D eigenvalue weighted by Crippen LogP contribution is 2.41. The van der Waals surface area contributed by atoms with Gasteiger partial charge in [-0.15, -0.1) is 0 Å². The van der Waals surface area contributed by atoms with Crippen LogP contribution in [-0.2, 0) is 22.9 Å². The van der Waals surface area contributed by atoms with Crippen molar-refractivity contribution in [3.63, 3.8) is 0 Å². The number of nitrogens with zero attached hydrogens (tertiary/aromatic N) is 2. The average molecular weight is 502 g/mol. The van der Waals surface area contributed by atoms with Crippen LogP contribution in [0.5, 0.6) is 5.75 Å². The largest absolute Gasteiger partial charge is 1.00 e. The number of hydrogen-bond donors (Lipinski definition) is 1. The van der Waals surface area contributed by atoms with Crippen molar-refractivity contribution in [2.75, 3.05) is 24.1 Å². The second kappa shape index (κ2) is 9.21. The summed E-state index contributed by atoms with van der Waals surface area (Å²) in [5, 5.41) is 9.13. The molecule has 2 aromatic carbocycles. The standard InChI is InChI=1S/C25H27N3O4S.ClH/c1-33(30,31)27-20-5-7-24-22(14-20)23(29)15-25(32-24)8-10-28(11-9-25)21-6-4-18-12-17(16-26)2-3-19(18)13-21;/h2-3,5,7,12,14,21,27H,4,6,8-11,13,15H2,1H3;1H/t21-;/m1./s1. The van der Waals surface area contributed by atoms with Crippen molar-refractivity contribution >= 4 is 21.5 Å². The third-order valence-corrected chi connectivity index (χ3v) is 7.76. The number of benzene rings is 2. The van der Waals surface area contributed by atoms with Crippen molar-refractivity contribution in [2.24, 2.45) is 0 Å². The molecule has 2 aromatic rings. The third-order valence-electron chi connectivity index (χ3n) is 7.16. The molecule has 0 radical (unpaired) electrons. The maximum atomic E-state index is 13.0. The predicted molar refractivity (Wildman–Crippen MR) is 126 cm³/mol. The van der Waals surface area contributed by atoms with Crippen LogP contribution in [0.2, 0.25) is 0 Å². The number of hydrogen-bond acceptors (Lipinski definition) is 6. The molecule has 0 bridgehead atoms. The zero-order valence-corrected chi connectivity index (χ0v) is 20.6. The molecular formula is C25H28ClN3O4S. The highest BCUT2D eigenvalue weighted by atomic mass is 35.5. The van der Waals surface area contributed by atoms with Gasteiger partial charge < -0.3 is 17.1 Å². The Morgan fingerprint density at radius 2 is 1.94 bits per heavy atom. The first-order valence-electron chi connectivity index (χ1n) is 11.3. The lowest BCUT2D eigenvalue weighted by Crippen LogP contribution is -3.00. The van der Waals surface area contributed by atoms with E-state index < -0.39 is 15.6 Å². The van der Waals surface area contributed by atoms with Gasteiger partial charge >= 0.3 is 1.43 Å². The van der Waals surface area contributed by atoms with Crippen molar-refractivity contribution in [3.8, 4) is 11.8 Å². The van der Waals surface area contributed by atoms with Gasteiger partial charge in [0.05, 0.1) is 29.9 Å². The van der Waals surface area contributed by atoms with Gasteiger partial charge in [-0.05, 0) is 60.7 Å². The number of anilines is 1. The van der Waals surface area contributed by atoms with Crippen LogP contribution in [0, 0.1) is 11.3 Å². The molecule has 9 heteroatoms. The van der Waals surface area contributed by atoms with E-state index in [9.17, 15) is 13.2 Å². The number of Topliss-reactive ketones (excluding diaryl/α,β-unsaturated/α-hetero) is 1.